The van der Waals surface area contributed by atoms with E-state index in [9.17, 15) is 4.79 Å². The van der Waals surface area contributed by atoms with Gasteiger partial charge in [0.15, 0.2) is 5.65 Å². The molecule has 0 unspecified atom stereocenters. The van der Waals surface area contributed by atoms with Gasteiger partial charge in [0, 0.05) is 36.7 Å². The van der Waals surface area contributed by atoms with Crippen molar-refractivity contribution in [3.63, 3.8) is 0 Å². The van der Waals surface area contributed by atoms with E-state index in [1.807, 2.05) is 18.5 Å². The number of carbonyl (C=O) groups is 1. The van der Waals surface area contributed by atoms with E-state index in [0.717, 1.165) is 17.8 Å². The Morgan fingerprint density at radius 2 is 2.19 bits per heavy atom. The van der Waals surface area contributed by atoms with Gasteiger partial charge < -0.3 is 5.32 Å². The van der Waals surface area contributed by atoms with Crippen LogP contribution >= 0.6 is 0 Å². The Balaban J connectivity index is 1.76. The van der Waals surface area contributed by atoms with E-state index in [4.69, 9.17) is 0 Å². The molecule has 3 heterocycles. The van der Waals surface area contributed by atoms with Crippen LogP contribution in [0.3, 0.4) is 0 Å². The van der Waals surface area contributed by atoms with Gasteiger partial charge in [0.2, 0.25) is 0 Å². The van der Waals surface area contributed by atoms with E-state index >= 15 is 0 Å². The van der Waals surface area contributed by atoms with Crippen LogP contribution in [0.2, 0.25) is 0 Å². The van der Waals surface area contributed by atoms with Crippen LogP contribution in [0.4, 0.5) is 0 Å². The number of rotatable bonds is 4. The molecule has 0 aliphatic carbocycles. The fraction of sp³-hybridized carbons (Fsp3) is 0.286. The molecule has 0 radical (unpaired) electrons. The van der Waals surface area contributed by atoms with E-state index in [0.29, 0.717) is 17.8 Å². The van der Waals surface area contributed by atoms with Crippen LogP contribution in [0.5, 0.6) is 0 Å². The third kappa shape index (κ3) is 2.37. The fourth-order valence-electron chi connectivity index (χ4n) is 2.24. The first-order chi connectivity index (χ1) is 10.2. The van der Waals surface area contributed by atoms with E-state index in [-0.39, 0.29) is 5.91 Å². The molecule has 0 spiro atoms. The maximum absolute atomic E-state index is 12.2. The van der Waals surface area contributed by atoms with Gasteiger partial charge in [-0.05, 0) is 19.9 Å². The average Bonchev–Trinajstić information content (AvgIpc) is 3.08. The highest BCUT2D eigenvalue weighted by atomic mass is 16.1. The quantitative estimate of drug-likeness (QED) is 0.780. The number of hydrogen-bond acceptors (Lipinski definition) is 4. The maximum atomic E-state index is 12.2. The molecule has 7 heteroatoms. The summed E-state index contributed by atoms with van der Waals surface area (Å²) in [6.07, 6.45) is 6.71. The first-order valence-corrected chi connectivity index (χ1v) is 6.78. The molecule has 3 rings (SSSR count). The monoisotopic (exact) mass is 284 g/mol. The third-order valence-corrected chi connectivity index (χ3v) is 3.47. The molecule has 0 aliphatic heterocycles. The van der Waals surface area contributed by atoms with Crippen LogP contribution < -0.4 is 5.32 Å². The number of nitrogens with one attached hydrogen (secondary N) is 1. The van der Waals surface area contributed by atoms with Crippen molar-refractivity contribution in [1.29, 1.82) is 0 Å². The Bertz CT molecular complexity index is 788. The molecular weight excluding hydrogens is 268 g/mol. The van der Waals surface area contributed by atoms with E-state index in [1.165, 1.54) is 6.20 Å². The Kier molecular flexibility index (Phi) is 3.39. The molecular formula is C14H16N6O. The summed E-state index contributed by atoms with van der Waals surface area (Å²) in [4.78, 5) is 16.4. The summed E-state index contributed by atoms with van der Waals surface area (Å²) in [6, 6.07) is 1.77. The molecule has 0 saturated carbocycles. The number of fused-ring (bicyclic) bond motifs is 1. The molecule has 0 bridgehead atoms. The molecule has 3 aromatic rings. The minimum Gasteiger partial charge on any atom is -0.348 e. The molecule has 21 heavy (non-hydrogen) atoms. The molecule has 7 nitrogen and oxygen atoms in total. The van der Waals surface area contributed by atoms with E-state index < -0.39 is 0 Å². The second-order valence-corrected chi connectivity index (χ2v) is 4.70. The first kappa shape index (κ1) is 13.3. The zero-order chi connectivity index (χ0) is 14.8. The van der Waals surface area contributed by atoms with Gasteiger partial charge in [-0.3, -0.25) is 9.48 Å². The van der Waals surface area contributed by atoms with Gasteiger partial charge in [0.1, 0.15) is 5.56 Å². The van der Waals surface area contributed by atoms with Gasteiger partial charge >= 0.3 is 0 Å². The molecule has 0 aromatic carbocycles. The Labute approximate surface area is 121 Å². The second kappa shape index (κ2) is 5.35. The van der Waals surface area contributed by atoms with Crippen LogP contribution in [0.1, 0.15) is 28.5 Å². The van der Waals surface area contributed by atoms with Gasteiger partial charge in [0.25, 0.3) is 5.91 Å². The van der Waals surface area contributed by atoms with Crippen molar-refractivity contribution in [2.75, 3.05) is 0 Å². The lowest BCUT2D eigenvalue weighted by Gasteiger charge is -2.04. The van der Waals surface area contributed by atoms with E-state index in [1.54, 1.807) is 29.2 Å². The lowest BCUT2D eigenvalue weighted by atomic mass is 10.2. The van der Waals surface area contributed by atoms with Crippen molar-refractivity contribution >= 4 is 11.6 Å². The summed E-state index contributed by atoms with van der Waals surface area (Å²) in [5.74, 6) is -0.188. The lowest BCUT2D eigenvalue weighted by Crippen LogP contribution is -2.23. The van der Waals surface area contributed by atoms with Gasteiger partial charge in [-0.2, -0.15) is 10.2 Å². The number of aromatic nitrogens is 5. The summed E-state index contributed by atoms with van der Waals surface area (Å²) in [6.45, 7) is 5.29. The standard InChI is InChI=1S/C14H16N6O/c1-3-19-10(2)11(8-17-19)7-16-14(21)12-9-18-20-6-4-5-15-13(12)20/h4-6,8-9H,3,7H2,1-2H3,(H,16,21). The zero-order valence-corrected chi connectivity index (χ0v) is 11.9. The van der Waals surface area contributed by atoms with Crippen molar-refractivity contribution < 1.29 is 4.79 Å². The first-order valence-electron chi connectivity index (χ1n) is 6.78. The average molecular weight is 284 g/mol. The van der Waals surface area contributed by atoms with Crippen molar-refractivity contribution in [2.45, 2.75) is 26.9 Å². The Morgan fingerprint density at radius 3 is 2.95 bits per heavy atom. The normalized spacial score (nSPS) is 11.0. The molecule has 0 atom stereocenters. The van der Waals surface area contributed by atoms with Crippen LogP contribution in [-0.4, -0.2) is 30.3 Å². The highest BCUT2D eigenvalue weighted by Crippen LogP contribution is 2.09. The zero-order valence-electron chi connectivity index (χ0n) is 11.9. The van der Waals surface area contributed by atoms with Gasteiger partial charge in [-0.25, -0.2) is 9.50 Å². The van der Waals surface area contributed by atoms with E-state index in [2.05, 4.69) is 20.5 Å². The van der Waals surface area contributed by atoms with Crippen LogP contribution in [-0.2, 0) is 13.1 Å². The second-order valence-electron chi connectivity index (χ2n) is 4.70. The summed E-state index contributed by atoms with van der Waals surface area (Å²) < 4.78 is 3.48. The van der Waals surface area contributed by atoms with Crippen LogP contribution in [0.15, 0.2) is 30.9 Å². The lowest BCUT2D eigenvalue weighted by molar-refractivity contribution is 0.0952. The van der Waals surface area contributed by atoms with Gasteiger partial charge in [0.05, 0.1) is 12.4 Å². The van der Waals surface area contributed by atoms with Gasteiger partial charge in [-0.15, -0.1) is 0 Å². The minimum absolute atomic E-state index is 0.188. The smallest absolute Gasteiger partial charge is 0.257 e. The molecule has 1 N–H and O–H groups in total. The van der Waals surface area contributed by atoms with Crippen LogP contribution in [0.25, 0.3) is 5.65 Å². The highest BCUT2D eigenvalue weighted by molar-refractivity contribution is 5.99. The van der Waals surface area contributed by atoms with Crippen molar-refractivity contribution in [3.05, 3.63) is 47.7 Å². The predicted octanol–water partition coefficient (Wildman–Crippen LogP) is 1.18. The van der Waals surface area contributed by atoms with Crippen molar-refractivity contribution in [1.82, 2.24) is 29.7 Å². The SMILES string of the molecule is CCn1ncc(CNC(=O)c2cnn3cccnc23)c1C. The van der Waals surface area contributed by atoms with Crippen molar-refractivity contribution in [3.8, 4) is 0 Å². The molecule has 0 saturated heterocycles. The largest absolute Gasteiger partial charge is 0.348 e. The number of carbonyl (C=O) groups excluding carboxylic acids is 1. The summed E-state index contributed by atoms with van der Waals surface area (Å²) in [5.41, 5.74) is 3.09. The summed E-state index contributed by atoms with van der Waals surface area (Å²) >= 11 is 0. The topological polar surface area (TPSA) is 77.1 Å². The third-order valence-electron chi connectivity index (χ3n) is 3.47. The predicted molar refractivity (Wildman–Crippen MR) is 76.8 cm³/mol. The number of aryl methyl sites for hydroxylation is 1. The van der Waals surface area contributed by atoms with Gasteiger partial charge in [-0.1, -0.05) is 0 Å². The molecule has 108 valence electrons. The summed E-state index contributed by atoms with van der Waals surface area (Å²) in [5, 5.41) is 11.3. The minimum atomic E-state index is -0.188. The Morgan fingerprint density at radius 1 is 1.33 bits per heavy atom. The molecule has 3 aromatic heterocycles. The molecule has 0 aliphatic rings. The number of hydrogen-bond donors (Lipinski definition) is 1. The van der Waals surface area contributed by atoms with Crippen molar-refractivity contribution in [2.24, 2.45) is 0 Å². The molecule has 0 fully saturated rings. The summed E-state index contributed by atoms with van der Waals surface area (Å²) in [7, 11) is 0. The highest BCUT2D eigenvalue weighted by Gasteiger charge is 2.14. The number of amides is 1. The molecule has 1 amide bonds. The fourth-order valence-corrected chi connectivity index (χ4v) is 2.24. The Hall–Kier alpha value is -2.70. The van der Waals surface area contributed by atoms with Crippen LogP contribution in [0, 0.1) is 6.92 Å². The maximum Gasteiger partial charge on any atom is 0.257 e. The number of nitrogens with zero attached hydrogens (tertiary/aromatic N) is 5.